The fourth-order valence-corrected chi connectivity index (χ4v) is 2.34. The van der Waals surface area contributed by atoms with Gasteiger partial charge in [-0.1, -0.05) is 6.92 Å². The number of aliphatic carboxylic acids is 1. The zero-order chi connectivity index (χ0) is 13.8. The Labute approximate surface area is 111 Å². The van der Waals surface area contributed by atoms with Crippen molar-refractivity contribution in [1.82, 2.24) is 10.2 Å². The molecule has 0 spiro atoms. The quantitative estimate of drug-likeness (QED) is 0.801. The van der Waals surface area contributed by atoms with Gasteiger partial charge in [-0.2, -0.15) is 0 Å². The smallest absolute Gasteiger partial charge is 0.317 e. The maximum atomic E-state index is 11.7. The highest BCUT2D eigenvalue weighted by Gasteiger charge is 2.34. The molecule has 0 aromatic carbocycles. The van der Waals surface area contributed by atoms with Crippen LogP contribution in [0, 0.1) is 0 Å². The Morgan fingerprint density at radius 2 is 2.26 bits per heavy atom. The molecule has 0 saturated heterocycles. The normalized spacial score (nSPS) is 22.0. The second kappa shape index (κ2) is 5.88. The standard InChI is InChI=1S/C13H18N2O4/c1-2-15(8-12(16)17)10-6-9(7-10)14-13(18)11-4-3-5-19-11/h3-5,9-10H,2,6-8H2,1H3,(H,14,18)(H,16,17). The van der Waals surface area contributed by atoms with Crippen LogP contribution < -0.4 is 5.32 Å². The van der Waals surface area contributed by atoms with E-state index in [1.165, 1.54) is 6.26 Å². The molecule has 1 amide bonds. The van der Waals surface area contributed by atoms with Crippen molar-refractivity contribution in [3.8, 4) is 0 Å². The monoisotopic (exact) mass is 266 g/mol. The molecule has 6 heteroatoms. The first kappa shape index (κ1) is 13.6. The zero-order valence-corrected chi connectivity index (χ0v) is 10.8. The lowest BCUT2D eigenvalue weighted by atomic mass is 9.85. The second-order valence-electron chi connectivity index (χ2n) is 4.73. The molecule has 0 radical (unpaired) electrons. The predicted octanol–water partition coefficient (Wildman–Crippen LogP) is 0.947. The van der Waals surface area contributed by atoms with Gasteiger partial charge in [0.25, 0.3) is 5.91 Å². The van der Waals surface area contributed by atoms with Gasteiger partial charge in [-0.25, -0.2) is 0 Å². The van der Waals surface area contributed by atoms with Crippen molar-refractivity contribution in [2.75, 3.05) is 13.1 Å². The summed E-state index contributed by atoms with van der Waals surface area (Å²) in [4.78, 5) is 24.3. The van der Waals surface area contributed by atoms with Crippen LogP contribution in [-0.4, -0.2) is 47.1 Å². The number of carbonyl (C=O) groups is 2. The van der Waals surface area contributed by atoms with Crippen LogP contribution in [0.15, 0.2) is 22.8 Å². The van der Waals surface area contributed by atoms with E-state index in [0.717, 1.165) is 12.8 Å². The lowest BCUT2D eigenvalue weighted by Gasteiger charge is -2.42. The van der Waals surface area contributed by atoms with Crippen molar-refractivity contribution in [1.29, 1.82) is 0 Å². The van der Waals surface area contributed by atoms with Gasteiger partial charge in [0.1, 0.15) is 0 Å². The summed E-state index contributed by atoms with van der Waals surface area (Å²) in [5.74, 6) is -0.721. The lowest BCUT2D eigenvalue weighted by Crippen LogP contribution is -2.54. The van der Waals surface area contributed by atoms with E-state index in [0.29, 0.717) is 12.3 Å². The minimum atomic E-state index is -0.815. The minimum Gasteiger partial charge on any atom is -0.480 e. The third kappa shape index (κ3) is 3.35. The molecule has 1 fully saturated rings. The molecule has 2 rings (SSSR count). The van der Waals surface area contributed by atoms with Crippen LogP contribution in [0.2, 0.25) is 0 Å². The third-order valence-electron chi connectivity index (χ3n) is 3.45. The Kier molecular flexibility index (Phi) is 4.21. The van der Waals surface area contributed by atoms with Gasteiger partial charge >= 0.3 is 5.97 Å². The van der Waals surface area contributed by atoms with Gasteiger partial charge < -0.3 is 14.8 Å². The number of nitrogens with one attached hydrogen (secondary N) is 1. The first-order valence-electron chi connectivity index (χ1n) is 6.40. The summed E-state index contributed by atoms with van der Waals surface area (Å²) in [5, 5.41) is 11.7. The highest BCUT2D eigenvalue weighted by atomic mass is 16.4. The molecule has 0 unspecified atom stereocenters. The van der Waals surface area contributed by atoms with Crippen LogP contribution in [0.25, 0.3) is 0 Å². The number of rotatable bonds is 6. The lowest BCUT2D eigenvalue weighted by molar-refractivity contribution is -0.139. The Hall–Kier alpha value is -1.82. The number of carboxylic acid groups (broad SMARTS) is 1. The van der Waals surface area contributed by atoms with Crippen LogP contribution in [0.1, 0.15) is 30.3 Å². The van der Waals surface area contributed by atoms with Crippen LogP contribution in [-0.2, 0) is 4.79 Å². The summed E-state index contributed by atoms with van der Waals surface area (Å²) in [7, 11) is 0. The summed E-state index contributed by atoms with van der Waals surface area (Å²) >= 11 is 0. The molecule has 1 heterocycles. The van der Waals surface area contributed by atoms with Crippen molar-refractivity contribution in [2.24, 2.45) is 0 Å². The van der Waals surface area contributed by atoms with Crippen molar-refractivity contribution in [3.63, 3.8) is 0 Å². The molecule has 1 aliphatic rings. The fourth-order valence-electron chi connectivity index (χ4n) is 2.34. The van der Waals surface area contributed by atoms with Gasteiger partial charge in [0.15, 0.2) is 5.76 Å². The maximum Gasteiger partial charge on any atom is 0.317 e. The van der Waals surface area contributed by atoms with Gasteiger partial charge in [0.05, 0.1) is 12.8 Å². The summed E-state index contributed by atoms with van der Waals surface area (Å²) < 4.78 is 5.01. The average Bonchev–Trinajstić information content (AvgIpc) is 2.83. The summed E-state index contributed by atoms with van der Waals surface area (Å²) in [6, 6.07) is 3.63. The molecule has 1 aromatic rings. The summed E-state index contributed by atoms with van der Waals surface area (Å²) in [6.45, 7) is 2.70. The van der Waals surface area contributed by atoms with Gasteiger partial charge in [-0.05, 0) is 31.5 Å². The zero-order valence-electron chi connectivity index (χ0n) is 10.8. The van der Waals surface area contributed by atoms with E-state index in [9.17, 15) is 9.59 Å². The van der Waals surface area contributed by atoms with E-state index >= 15 is 0 Å². The Morgan fingerprint density at radius 3 is 2.79 bits per heavy atom. The number of furan rings is 1. The number of carboxylic acids is 1. The van der Waals surface area contributed by atoms with E-state index in [1.54, 1.807) is 12.1 Å². The maximum absolute atomic E-state index is 11.7. The molecule has 1 aromatic heterocycles. The number of amides is 1. The number of likely N-dealkylation sites (N-methyl/N-ethyl adjacent to an activating group) is 1. The van der Waals surface area contributed by atoms with Crippen LogP contribution in [0.4, 0.5) is 0 Å². The van der Waals surface area contributed by atoms with Gasteiger partial charge in [0.2, 0.25) is 0 Å². The second-order valence-corrected chi connectivity index (χ2v) is 4.73. The van der Waals surface area contributed by atoms with Crippen molar-refractivity contribution >= 4 is 11.9 Å². The number of hydrogen-bond donors (Lipinski definition) is 2. The first-order valence-corrected chi connectivity index (χ1v) is 6.40. The fraction of sp³-hybridized carbons (Fsp3) is 0.538. The minimum absolute atomic E-state index is 0.0556. The molecule has 19 heavy (non-hydrogen) atoms. The molecule has 0 aliphatic heterocycles. The predicted molar refractivity (Wildman–Crippen MR) is 67.9 cm³/mol. The van der Waals surface area contributed by atoms with Gasteiger partial charge in [-0.3, -0.25) is 14.5 Å². The molecule has 1 aliphatic carbocycles. The molecule has 1 saturated carbocycles. The summed E-state index contributed by atoms with van der Waals surface area (Å²) in [6.07, 6.45) is 3.03. The first-order chi connectivity index (χ1) is 9.10. The highest BCUT2D eigenvalue weighted by Crippen LogP contribution is 2.25. The topological polar surface area (TPSA) is 82.8 Å². The number of nitrogens with zero attached hydrogens (tertiary/aromatic N) is 1. The number of hydrogen-bond acceptors (Lipinski definition) is 4. The average molecular weight is 266 g/mol. The van der Waals surface area contributed by atoms with Crippen LogP contribution in [0.5, 0.6) is 0 Å². The van der Waals surface area contributed by atoms with Crippen LogP contribution in [0.3, 0.4) is 0 Å². The van der Waals surface area contributed by atoms with E-state index in [2.05, 4.69) is 5.32 Å². The highest BCUT2D eigenvalue weighted by molar-refractivity contribution is 5.91. The summed E-state index contributed by atoms with van der Waals surface area (Å²) in [5.41, 5.74) is 0. The SMILES string of the molecule is CCN(CC(=O)O)C1CC(NC(=O)c2ccco2)C1. The van der Waals surface area contributed by atoms with Crippen molar-refractivity contribution in [2.45, 2.75) is 31.8 Å². The van der Waals surface area contributed by atoms with Crippen molar-refractivity contribution < 1.29 is 19.1 Å². The van der Waals surface area contributed by atoms with Gasteiger partial charge in [0, 0.05) is 12.1 Å². The molecular formula is C13H18N2O4. The molecule has 2 N–H and O–H groups in total. The molecule has 0 atom stereocenters. The van der Waals surface area contributed by atoms with E-state index < -0.39 is 5.97 Å². The van der Waals surface area contributed by atoms with E-state index in [1.807, 2.05) is 11.8 Å². The molecule has 0 bridgehead atoms. The van der Waals surface area contributed by atoms with Crippen LogP contribution >= 0.6 is 0 Å². The molecular weight excluding hydrogens is 248 g/mol. The Morgan fingerprint density at radius 1 is 1.53 bits per heavy atom. The van der Waals surface area contributed by atoms with Crippen molar-refractivity contribution in [3.05, 3.63) is 24.2 Å². The molecule has 6 nitrogen and oxygen atoms in total. The van der Waals surface area contributed by atoms with E-state index in [4.69, 9.17) is 9.52 Å². The Bertz CT molecular complexity index is 438. The van der Waals surface area contributed by atoms with E-state index in [-0.39, 0.29) is 24.5 Å². The third-order valence-corrected chi connectivity index (χ3v) is 3.45. The molecule has 104 valence electrons. The van der Waals surface area contributed by atoms with Gasteiger partial charge in [-0.15, -0.1) is 0 Å². The Balaban J connectivity index is 1.76. The number of carbonyl (C=O) groups excluding carboxylic acids is 1. The largest absolute Gasteiger partial charge is 0.480 e.